The van der Waals surface area contributed by atoms with Crippen LogP contribution in [0.3, 0.4) is 0 Å². The molecule has 0 amide bonds. The molecule has 5 aliphatic rings. The van der Waals surface area contributed by atoms with Crippen LogP contribution in [0.4, 0.5) is 0 Å². The average Bonchev–Trinajstić information content (AvgIpc) is 3.55. The lowest BCUT2D eigenvalue weighted by Crippen LogP contribution is -2.70. The van der Waals surface area contributed by atoms with Gasteiger partial charge in [-0.2, -0.15) is 0 Å². The molecule has 11 atom stereocenters. The van der Waals surface area contributed by atoms with E-state index in [0.29, 0.717) is 6.61 Å². The number of allylic oxidation sites excluding steroid dienone is 1. The van der Waals surface area contributed by atoms with Crippen LogP contribution in [-0.2, 0) is 19.0 Å². The van der Waals surface area contributed by atoms with Crippen molar-refractivity contribution in [1.82, 2.24) is 0 Å². The number of aliphatic hydroxyl groups is 2. The summed E-state index contributed by atoms with van der Waals surface area (Å²) in [5.41, 5.74) is 1.99. The van der Waals surface area contributed by atoms with Gasteiger partial charge >= 0.3 is 5.97 Å². The van der Waals surface area contributed by atoms with Crippen molar-refractivity contribution in [2.75, 3.05) is 13.7 Å². The van der Waals surface area contributed by atoms with E-state index in [4.69, 9.17) is 18.6 Å². The number of methoxy groups -OCH3 is 1. The van der Waals surface area contributed by atoms with E-state index >= 15 is 0 Å². The van der Waals surface area contributed by atoms with Crippen LogP contribution in [-0.4, -0.2) is 60.4 Å². The van der Waals surface area contributed by atoms with Gasteiger partial charge in [-0.15, -0.1) is 0 Å². The van der Waals surface area contributed by atoms with Crippen molar-refractivity contribution >= 4 is 5.97 Å². The van der Waals surface area contributed by atoms with Crippen molar-refractivity contribution in [1.29, 1.82) is 0 Å². The Kier molecular flexibility index (Phi) is 4.81. The van der Waals surface area contributed by atoms with E-state index in [1.165, 1.54) is 18.3 Å². The molecule has 7 heteroatoms. The summed E-state index contributed by atoms with van der Waals surface area (Å²) in [6, 6.07) is 2.01. The summed E-state index contributed by atoms with van der Waals surface area (Å²) >= 11 is 0. The van der Waals surface area contributed by atoms with Gasteiger partial charge in [-0.3, -0.25) is 4.79 Å². The minimum absolute atomic E-state index is 0.0728. The fraction of sp³-hybridized carbons (Fsp3) is 0.741. The van der Waals surface area contributed by atoms with Gasteiger partial charge in [0.2, 0.25) is 0 Å². The number of hydrogen-bond acceptors (Lipinski definition) is 7. The number of carbonyl (C=O) groups excluding carboxylic acids is 1. The summed E-state index contributed by atoms with van der Waals surface area (Å²) in [6.45, 7) is 8.98. The van der Waals surface area contributed by atoms with Gasteiger partial charge in [0.25, 0.3) is 0 Å². The quantitative estimate of drug-likeness (QED) is 0.515. The topological polar surface area (TPSA) is 98.4 Å². The lowest BCUT2D eigenvalue weighted by molar-refractivity contribution is -0.243. The van der Waals surface area contributed by atoms with E-state index in [9.17, 15) is 15.0 Å². The van der Waals surface area contributed by atoms with E-state index < -0.39 is 28.5 Å². The third-order valence-corrected chi connectivity index (χ3v) is 10.7. The van der Waals surface area contributed by atoms with E-state index in [2.05, 4.69) is 27.7 Å². The van der Waals surface area contributed by atoms with Gasteiger partial charge < -0.3 is 28.8 Å². The number of esters is 1. The molecule has 1 aromatic rings. The molecule has 34 heavy (non-hydrogen) atoms. The van der Waals surface area contributed by atoms with E-state index in [1.54, 1.807) is 12.5 Å². The van der Waals surface area contributed by atoms with Crippen molar-refractivity contribution in [2.45, 2.75) is 83.4 Å². The first-order valence-electron chi connectivity index (χ1n) is 12.5. The van der Waals surface area contributed by atoms with Gasteiger partial charge in [0.1, 0.15) is 0 Å². The van der Waals surface area contributed by atoms with Gasteiger partial charge in [0, 0.05) is 40.9 Å². The molecule has 0 radical (unpaired) electrons. The highest BCUT2D eigenvalue weighted by molar-refractivity contribution is 5.70. The summed E-state index contributed by atoms with van der Waals surface area (Å²) in [7, 11) is 1.42. The molecule has 6 rings (SSSR count). The Morgan fingerprint density at radius 3 is 2.65 bits per heavy atom. The van der Waals surface area contributed by atoms with Gasteiger partial charge in [-0.05, 0) is 36.5 Å². The highest BCUT2D eigenvalue weighted by Gasteiger charge is 2.77. The van der Waals surface area contributed by atoms with Crippen molar-refractivity contribution in [3.63, 3.8) is 0 Å². The average molecular weight is 473 g/mol. The third-order valence-electron chi connectivity index (χ3n) is 10.7. The number of rotatable bonds is 3. The molecule has 0 spiro atoms. The number of furan rings is 1. The van der Waals surface area contributed by atoms with Crippen LogP contribution in [0.5, 0.6) is 0 Å². The Hall–Kier alpha value is -1.67. The van der Waals surface area contributed by atoms with Crippen molar-refractivity contribution < 1.29 is 33.6 Å². The minimum atomic E-state index is -0.761. The second kappa shape index (κ2) is 7.19. The standard InChI is InChI=1S/C27H36O7/c1-13-15(14-6-7-32-11-14)8-16-21(13)27(4)17(9-20(30)31-5)26(3)19(29)10-18(28)25(2)12-33-22(23(25)26)24(27)34-16/h6-7,11,15-19,22-24,28-29H,8-10,12H2,1-5H3/t15-,16-,17-,18-,19+,22-,23+,24-,25-,26+,27-/m1/s1. The summed E-state index contributed by atoms with van der Waals surface area (Å²) in [5, 5.41) is 22.6. The molecule has 2 saturated heterocycles. The third kappa shape index (κ3) is 2.54. The second-order valence-electron chi connectivity index (χ2n) is 12.0. The summed E-state index contributed by atoms with van der Waals surface area (Å²) in [4.78, 5) is 12.8. The molecular formula is C27H36O7. The molecule has 2 aliphatic heterocycles. The van der Waals surface area contributed by atoms with Crippen LogP contribution in [0.15, 0.2) is 34.2 Å². The van der Waals surface area contributed by atoms with E-state index in [1.807, 2.05) is 6.07 Å². The van der Waals surface area contributed by atoms with Crippen LogP contribution < -0.4 is 0 Å². The van der Waals surface area contributed by atoms with Gasteiger partial charge in [0.15, 0.2) is 0 Å². The molecule has 3 aliphatic carbocycles. The molecule has 2 saturated carbocycles. The molecule has 7 nitrogen and oxygen atoms in total. The van der Waals surface area contributed by atoms with Gasteiger partial charge in [-0.1, -0.05) is 26.3 Å². The van der Waals surface area contributed by atoms with Crippen LogP contribution in [0.2, 0.25) is 0 Å². The summed E-state index contributed by atoms with van der Waals surface area (Å²) < 4.78 is 23.9. The highest BCUT2D eigenvalue weighted by Crippen LogP contribution is 2.73. The minimum Gasteiger partial charge on any atom is -0.472 e. The smallest absolute Gasteiger partial charge is 0.305 e. The summed E-state index contributed by atoms with van der Waals surface area (Å²) in [5.74, 6) is -0.431. The largest absolute Gasteiger partial charge is 0.472 e. The predicted molar refractivity (Wildman–Crippen MR) is 122 cm³/mol. The normalized spacial score (nSPS) is 51.3. The number of fused-ring (bicyclic) bond motifs is 4. The highest BCUT2D eigenvalue weighted by atomic mass is 16.6. The van der Waals surface area contributed by atoms with Crippen molar-refractivity contribution in [3.05, 3.63) is 35.3 Å². The zero-order chi connectivity index (χ0) is 24.2. The molecule has 0 bridgehead atoms. The SMILES string of the molecule is COC(=O)C[C@H]1[C@]2(C)C3=C(C)[C@H](c4ccoc4)C[C@H]3O[C@@H]2[C@@H]2OC[C@]3(C)[C@H](O)C[C@H](O)[C@@]1(C)[C@@H]23. The lowest BCUT2D eigenvalue weighted by atomic mass is 9.40. The number of hydrogen-bond donors (Lipinski definition) is 2. The lowest BCUT2D eigenvalue weighted by Gasteiger charge is -2.64. The first kappa shape index (κ1) is 22.8. The molecule has 3 heterocycles. The Morgan fingerprint density at radius 2 is 1.97 bits per heavy atom. The molecule has 0 unspecified atom stereocenters. The van der Waals surface area contributed by atoms with Crippen molar-refractivity contribution in [3.8, 4) is 0 Å². The molecule has 0 aromatic carbocycles. The van der Waals surface area contributed by atoms with E-state index in [-0.39, 0.29) is 54.9 Å². The molecule has 4 fully saturated rings. The van der Waals surface area contributed by atoms with Crippen LogP contribution in [0.1, 0.15) is 58.4 Å². The zero-order valence-electron chi connectivity index (χ0n) is 20.6. The van der Waals surface area contributed by atoms with Crippen molar-refractivity contribution in [2.24, 2.45) is 28.1 Å². The Balaban J connectivity index is 1.54. The molecular weight excluding hydrogens is 436 g/mol. The Labute approximate surface area is 200 Å². The predicted octanol–water partition coefficient (Wildman–Crippen LogP) is 3.20. The molecule has 2 N–H and O–H groups in total. The first-order valence-corrected chi connectivity index (χ1v) is 12.5. The number of carbonyl (C=O) groups is 1. The Morgan fingerprint density at radius 1 is 1.21 bits per heavy atom. The summed E-state index contributed by atoms with van der Waals surface area (Å²) in [6.07, 6.45) is 2.80. The fourth-order valence-electron chi connectivity index (χ4n) is 9.17. The monoisotopic (exact) mass is 472 g/mol. The maximum atomic E-state index is 12.8. The Bertz CT molecular complexity index is 1030. The van der Waals surface area contributed by atoms with Crippen LogP contribution >= 0.6 is 0 Å². The van der Waals surface area contributed by atoms with Gasteiger partial charge in [0.05, 0.1) is 56.8 Å². The van der Waals surface area contributed by atoms with Crippen LogP contribution in [0, 0.1) is 28.1 Å². The maximum Gasteiger partial charge on any atom is 0.305 e. The number of ether oxygens (including phenoxy) is 3. The maximum absolute atomic E-state index is 12.8. The fourth-order valence-corrected chi connectivity index (χ4v) is 9.17. The number of aliphatic hydroxyl groups excluding tert-OH is 2. The molecule has 1 aromatic heterocycles. The first-order chi connectivity index (χ1) is 16.1. The second-order valence-corrected chi connectivity index (χ2v) is 12.0. The van der Waals surface area contributed by atoms with Gasteiger partial charge in [-0.25, -0.2) is 0 Å². The van der Waals surface area contributed by atoms with Crippen LogP contribution in [0.25, 0.3) is 0 Å². The van der Waals surface area contributed by atoms with E-state index in [0.717, 1.165) is 12.0 Å². The zero-order valence-corrected chi connectivity index (χ0v) is 20.6. The molecule has 186 valence electrons.